The fraction of sp³-hybridized carbons (Fsp3) is 0.500. The number of halogens is 1. The first-order valence-corrected chi connectivity index (χ1v) is 6.99. The molecule has 0 heterocycles. The molecule has 0 bridgehead atoms. The van der Waals surface area contributed by atoms with Gasteiger partial charge in [-0.15, -0.1) is 0 Å². The van der Waals surface area contributed by atoms with Gasteiger partial charge in [-0.1, -0.05) is 28.1 Å². The average molecular weight is 314 g/mol. The maximum Gasteiger partial charge on any atom is 0.222 e. The third-order valence-electron chi connectivity index (χ3n) is 2.64. The highest BCUT2D eigenvalue weighted by atomic mass is 79.9. The van der Waals surface area contributed by atoms with E-state index in [4.69, 9.17) is 4.74 Å². The van der Waals surface area contributed by atoms with Crippen LogP contribution in [0.15, 0.2) is 28.7 Å². The summed E-state index contributed by atoms with van der Waals surface area (Å²) in [5.74, 6) is 0.164. The maximum absolute atomic E-state index is 11.8. The van der Waals surface area contributed by atoms with E-state index >= 15 is 0 Å². The molecule has 4 heteroatoms. The highest BCUT2D eigenvalue weighted by Gasteiger charge is 2.08. The summed E-state index contributed by atoms with van der Waals surface area (Å²) in [5.41, 5.74) is 1.14. The zero-order valence-electron chi connectivity index (χ0n) is 11.0. The fourth-order valence-corrected chi connectivity index (χ4v) is 1.88. The molecule has 1 amide bonds. The van der Waals surface area contributed by atoms with Crippen molar-refractivity contribution in [1.82, 2.24) is 4.90 Å². The second-order valence-electron chi connectivity index (χ2n) is 4.18. The van der Waals surface area contributed by atoms with Crippen LogP contribution in [-0.2, 0) is 16.1 Å². The van der Waals surface area contributed by atoms with Gasteiger partial charge in [-0.3, -0.25) is 4.79 Å². The minimum absolute atomic E-state index is 0.164. The number of carbonyl (C=O) groups excluding carboxylic acids is 1. The van der Waals surface area contributed by atoms with E-state index in [-0.39, 0.29) is 5.91 Å². The number of hydrogen-bond donors (Lipinski definition) is 0. The second-order valence-corrected chi connectivity index (χ2v) is 5.09. The molecule has 0 fully saturated rings. The van der Waals surface area contributed by atoms with Crippen LogP contribution in [0.2, 0.25) is 0 Å². The Morgan fingerprint density at radius 2 is 2.00 bits per heavy atom. The summed E-state index contributed by atoms with van der Waals surface area (Å²) in [4.78, 5) is 13.6. The number of nitrogens with zero attached hydrogens (tertiary/aromatic N) is 1. The first-order chi connectivity index (χ1) is 8.63. The summed E-state index contributed by atoms with van der Waals surface area (Å²) in [7, 11) is 1.84. The predicted octanol–water partition coefficient (Wildman–Crippen LogP) is 3.22. The Balaban J connectivity index is 2.33. The molecule has 0 radical (unpaired) electrons. The molecule has 0 atom stereocenters. The molecule has 100 valence electrons. The Hall–Kier alpha value is -0.870. The van der Waals surface area contributed by atoms with Gasteiger partial charge >= 0.3 is 0 Å². The number of amides is 1. The molecule has 0 aromatic heterocycles. The van der Waals surface area contributed by atoms with Crippen molar-refractivity contribution in [3.8, 4) is 0 Å². The van der Waals surface area contributed by atoms with Crippen LogP contribution in [0.1, 0.15) is 25.3 Å². The van der Waals surface area contributed by atoms with Gasteiger partial charge in [0.1, 0.15) is 0 Å². The molecule has 0 aliphatic heterocycles. The first-order valence-electron chi connectivity index (χ1n) is 6.19. The van der Waals surface area contributed by atoms with Gasteiger partial charge in [0, 0.05) is 37.7 Å². The van der Waals surface area contributed by atoms with Crippen molar-refractivity contribution >= 4 is 21.8 Å². The Labute approximate surface area is 117 Å². The normalized spacial score (nSPS) is 10.4. The van der Waals surface area contributed by atoms with Crippen molar-refractivity contribution in [2.24, 2.45) is 0 Å². The Kier molecular flexibility index (Phi) is 6.98. The predicted molar refractivity (Wildman–Crippen MR) is 76.3 cm³/mol. The second kappa shape index (κ2) is 8.27. The van der Waals surface area contributed by atoms with Gasteiger partial charge in [0.2, 0.25) is 5.91 Å². The number of rotatable bonds is 7. The zero-order valence-corrected chi connectivity index (χ0v) is 12.6. The van der Waals surface area contributed by atoms with Gasteiger partial charge in [-0.05, 0) is 31.0 Å². The molecule has 1 rings (SSSR count). The summed E-state index contributed by atoms with van der Waals surface area (Å²) in [5, 5.41) is 0. The summed E-state index contributed by atoms with van der Waals surface area (Å²) >= 11 is 3.40. The van der Waals surface area contributed by atoms with Gasteiger partial charge in [0.05, 0.1) is 0 Å². The lowest BCUT2D eigenvalue weighted by molar-refractivity contribution is -0.130. The van der Waals surface area contributed by atoms with Crippen molar-refractivity contribution in [3.05, 3.63) is 34.3 Å². The highest BCUT2D eigenvalue weighted by Crippen LogP contribution is 2.12. The summed E-state index contributed by atoms with van der Waals surface area (Å²) in [6.45, 7) is 3.99. The Morgan fingerprint density at radius 1 is 1.33 bits per heavy atom. The number of carbonyl (C=O) groups is 1. The van der Waals surface area contributed by atoms with E-state index in [9.17, 15) is 4.79 Å². The minimum Gasteiger partial charge on any atom is -0.382 e. The van der Waals surface area contributed by atoms with E-state index < -0.39 is 0 Å². The van der Waals surface area contributed by atoms with E-state index in [2.05, 4.69) is 15.9 Å². The molecule has 0 N–H and O–H groups in total. The molecule has 3 nitrogen and oxygen atoms in total. The topological polar surface area (TPSA) is 29.5 Å². The SMILES string of the molecule is CCOCCCC(=O)N(C)Cc1ccc(Br)cc1. The molecular formula is C14H20BrNO2. The van der Waals surface area contributed by atoms with E-state index in [1.54, 1.807) is 4.90 Å². The van der Waals surface area contributed by atoms with Gasteiger partial charge in [-0.25, -0.2) is 0 Å². The molecule has 0 saturated heterocycles. The number of ether oxygens (including phenoxy) is 1. The van der Waals surface area contributed by atoms with Crippen LogP contribution in [0.25, 0.3) is 0 Å². The van der Waals surface area contributed by atoms with E-state index in [1.165, 1.54) is 0 Å². The van der Waals surface area contributed by atoms with Crippen LogP contribution >= 0.6 is 15.9 Å². The van der Waals surface area contributed by atoms with E-state index in [0.29, 0.717) is 26.2 Å². The number of hydrogen-bond acceptors (Lipinski definition) is 2. The third kappa shape index (κ3) is 5.65. The standard InChI is InChI=1S/C14H20BrNO2/c1-3-18-10-4-5-14(17)16(2)11-12-6-8-13(15)9-7-12/h6-9H,3-5,10-11H2,1-2H3. The molecular weight excluding hydrogens is 294 g/mol. The van der Waals surface area contributed by atoms with Gasteiger partial charge in [0.15, 0.2) is 0 Å². The van der Waals surface area contributed by atoms with Gasteiger partial charge in [-0.2, -0.15) is 0 Å². The van der Waals surface area contributed by atoms with Crippen LogP contribution < -0.4 is 0 Å². The smallest absolute Gasteiger partial charge is 0.222 e. The van der Waals surface area contributed by atoms with E-state index in [1.807, 2.05) is 38.2 Å². The lowest BCUT2D eigenvalue weighted by Gasteiger charge is -2.17. The minimum atomic E-state index is 0.164. The van der Waals surface area contributed by atoms with Crippen molar-refractivity contribution < 1.29 is 9.53 Å². The van der Waals surface area contributed by atoms with Crippen LogP contribution in [0.5, 0.6) is 0 Å². The number of benzene rings is 1. The van der Waals surface area contributed by atoms with Crippen molar-refractivity contribution in [1.29, 1.82) is 0 Å². The Morgan fingerprint density at radius 3 is 2.61 bits per heavy atom. The summed E-state index contributed by atoms with van der Waals surface area (Å²) < 4.78 is 6.27. The van der Waals surface area contributed by atoms with Crippen LogP contribution in [0, 0.1) is 0 Å². The lowest BCUT2D eigenvalue weighted by atomic mass is 10.2. The monoisotopic (exact) mass is 313 g/mol. The average Bonchev–Trinajstić information content (AvgIpc) is 2.37. The molecule has 0 aliphatic carbocycles. The fourth-order valence-electron chi connectivity index (χ4n) is 1.61. The van der Waals surface area contributed by atoms with Crippen LogP contribution in [0.4, 0.5) is 0 Å². The molecule has 18 heavy (non-hydrogen) atoms. The largest absolute Gasteiger partial charge is 0.382 e. The lowest BCUT2D eigenvalue weighted by Crippen LogP contribution is -2.26. The molecule has 1 aromatic rings. The molecule has 0 saturated carbocycles. The molecule has 1 aromatic carbocycles. The zero-order chi connectivity index (χ0) is 13.4. The van der Waals surface area contributed by atoms with E-state index in [0.717, 1.165) is 16.5 Å². The van der Waals surface area contributed by atoms with Crippen molar-refractivity contribution in [2.75, 3.05) is 20.3 Å². The maximum atomic E-state index is 11.8. The third-order valence-corrected chi connectivity index (χ3v) is 3.17. The Bertz CT molecular complexity index is 365. The van der Waals surface area contributed by atoms with Gasteiger partial charge in [0.25, 0.3) is 0 Å². The molecule has 0 aliphatic rings. The van der Waals surface area contributed by atoms with Crippen molar-refractivity contribution in [2.45, 2.75) is 26.3 Å². The van der Waals surface area contributed by atoms with Crippen LogP contribution in [-0.4, -0.2) is 31.1 Å². The van der Waals surface area contributed by atoms with Gasteiger partial charge < -0.3 is 9.64 Å². The summed E-state index contributed by atoms with van der Waals surface area (Å²) in [6.07, 6.45) is 1.34. The summed E-state index contributed by atoms with van der Waals surface area (Å²) in [6, 6.07) is 8.02. The highest BCUT2D eigenvalue weighted by molar-refractivity contribution is 9.10. The van der Waals surface area contributed by atoms with Crippen molar-refractivity contribution in [3.63, 3.8) is 0 Å². The molecule has 0 spiro atoms. The van der Waals surface area contributed by atoms with Crippen LogP contribution in [0.3, 0.4) is 0 Å². The molecule has 0 unspecified atom stereocenters. The first kappa shape index (κ1) is 15.2. The quantitative estimate of drug-likeness (QED) is 0.723.